The average molecular weight is 340 g/mol. The molecule has 1 N–H and O–H groups in total. The number of nitrogens with zero attached hydrogens (tertiary/aromatic N) is 3. The summed E-state index contributed by atoms with van der Waals surface area (Å²) in [6.07, 6.45) is 2.44. The van der Waals surface area contributed by atoms with Crippen molar-refractivity contribution in [3.63, 3.8) is 0 Å². The average Bonchev–Trinajstić information content (AvgIpc) is 2.62. The van der Waals surface area contributed by atoms with Gasteiger partial charge in [-0.05, 0) is 49.9 Å². The first-order valence-corrected chi connectivity index (χ1v) is 8.68. The summed E-state index contributed by atoms with van der Waals surface area (Å²) in [6, 6.07) is 11.3. The minimum Gasteiger partial charge on any atom is -0.484 e. The molecule has 132 valence electrons. The fraction of sp³-hybridized carbons (Fsp3) is 0.421. The van der Waals surface area contributed by atoms with Crippen molar-refractivity contribution < 1.29 is 9.53 Å². The summed E-state index contributed by atoms with van der Waals surface area (Å²) < 4.78 is 5.46. The van der Waals surface area contributed by atoms with Gasteiger partial charge in [0.1, 0.15) is 5.75 Å². The Morgan fingerprint density at radius 3 is 2.72 bits per heavy atom. The highest BCUT2D eigenvalue weighted by Gasteiger charge is 2.17. The SMILES string of the molecule is Cc1ccc(OCC(=O)Nc2ccc(N3CCCC(C)C3)nn2)cc1. The van der Waals surface area contributed by atoms with Crippen LogP contribution in [0.2, 0.25) is 0 Å². The van der Waals surface area contributed by atoms with E-state index in [1.54, 1.807) is 6.07 Å². The van der Waals surface area contributed by atoms with E-state index in [9.17, 15) is 4.79 Å². The minimum absolute atomic E-state index is 0.0594. The van der Waals surface area contributed by atoms with E-state index >= 15 is 0 Å². The molecule has 2 aromatic rings. The van der Waals surface area contributed by atoms with Gasteiger partial charge in [-0.25, -0.2) is 0 Å². The number of nitrogens with one attached hydrogen (secondary N) is 1. The number of anilines is 2. The van der Waals surface area contributed by atoms with Crippen LogP contribution in [0.5, 0.6) is 5.75 Å². The van der Waals surface area contributed by atoms with E-state index in [4.69, 9.17) is 4.74 Å². The molecule has 0 saturated carbocycles. The van der Waals surface area contributed by atoms with Crippen molar-refractivity contribution in [2.75, 3.05) is 29.9 Å². The number of hydrogen-bond donors (Lipinski definition) is 1. The van der Waals surface area contributed by atoms with Gasteiger partial charge in [-0.1, -0.05) is 24.6 Å². The Labute approximate surface area is 148 Å². The maximum atomic E-state index is 12.0. The third-order valence-electron chi connectivity index (χ3n) is 4.29. The minimum atomic E-state index is -0.255. The molecule has 1 aromatic carbocycles. The van der Waals surface area contributed by atoms with Gasteiger partial charge in [0.05, 0.1) is 0 Å². The highest BCUT2D eigenvalue weighted by molar-refractivity contribution is 5.90. The zero-order chi connectivity index (χ0) is 17.6. The van der Waals surface area contributed by atoms with Crippen LogP contribution in [-0.4, -0.2) is 35.8 Å². The number of piperidine rings is 1. The fourth-order valence-corrected chi connectivity index (χ4v) is 2.92. The highest BCUT2D eigenvalue weighted by atomic mass is 16.5. The largest absolute Gasteiger partial charge is 0.484 e. The molecule has 6 nitrogen and oxygen atoms in total. The molecule has 6 heteroatoms. The molecule has 1 saturated heterocycles. The van der Waals surface area contributed by atoms with Crippen LogP contribution in [-0.2, 0) is 4.79 Å². The quantitative estimate of drug-likeness (QED) is 0.906. The number of carbonyl (C=O) groups excluding carboxylic acids is 1. The van der Waals surface area contributed by atoms with Crippen molar-refractivity contribution in [2.24, 2.45) is 5.92 Å². The van der Waals surface area contributed by atoms with E-state index in [1.807, 2.05) is 37.3 Å². The van der Waals surface area contributed by atoms with Crippen LogP contribution in [0.4, 0.5) is 11.6 Å². The Kier molecular flexibility index (Phi) is 5.48. The summed E-state index contributed by atoms with van der Waals surface area (Å²) in [6.45, 7) is 6.21. The van der Waals surface area contributed by atoms with Crippen molar-refractivity contribution in [1.82, 2.24) is 10.2 Å². The van der Waals surface area contributed by atoms with E-state index in [-0.39, 0.29) is 12.5 Å². The molecule has 1 aliphatic heterocycles. The van der Waals surface area contributed by atoms with Crippen LogP contribution in [0.25, 0.3) is 0 Å². The van der Waals surface area contributed by atoms with Gasteiger partial charge in [-0.2, -0.15) is 0 Å². The zero-order valence-electron chi connectivity index (χ0n) is 14.7. The monoisotopic (exact) mass is 340 g/mol. The van der Waals surface area contributed by atoms with Gasteiger partial charge in [-0.3, -0.25) is 4.79 Å². The lowest BCUT2D eigenvalue weighted by atomic mass is 10.0. The van der Waals surface area contributed by atoms with Crippen LogP contribution >= 0.6 is 0 Å². The number of benzene rings is 1. The molecule has 2 heterocycles. The van der Waals surface area contributed by atoms with Gasteiger partial charge in [-0.15, -0.1) is 10.2 Å². The normalized spacial score (nSPS) is 17.2. The Hall–Kier alpha value is -2.63. The van der Waals surface area contributed by atoms with Crippen LogP contribution in [0.3, 0.4) is 0 Å². The van der Waals surface area contributed by atoms with E-state index in [1.165, 1.54) is 12.8 Å². The van der Waals surface area contributed by atoms with E-state index in [2.05, 4.69) is 27.3 Å². The number of carbonyl (C=O) groups is 1. The van der Waals surface area contributed by atoms with Crippen LogP contribution < -0.4 is 15.0 Å². The molecule has 1 fully saturated rings. The summed E-state index contributed by atoms with van der Waals surface area (Å²) >= 11 is 0. The molecular weight excluding hydrogens is 316 g/mol. The maximum absolute atomic E-state index is 12.0. The number of hydrogen-bond acceptors (Lipinski definition) is 5. The number of rotatable bonds is 5. The lowest BCUT2D eigenvalue weighted by Gasteiger charge is -2.31. The van der Waals surface area contributed by atoms with E-state index in [0.717, 1.165) is 24.5 Å². The summed E-state index contributed by atoms with van der Waals surface area (Å²) in [5.74, 6) is 2.39. The number of aryl methyl sites for hydroxylation is 1. The predicted molar refractivity (Wildman–Crippen MR) is 97.9 cm³/mol. The summed E-state index contributed by atoms with van der Waals surface area (Å²) in [4.78, 5) is 14.2. The van der Waals surface area contributed by atoms with Gasteiger partial charge < -0.3 is 15.0 Å². The molecule has 3 rings (SSSR count). The first-order valence-electron chi connectivity index (χ1n) is 8.68. The second-order valence-corrected chi connectivity index (χ2v) is 6.62. The van der Waals surface area contributed by atoms with Crippen molar-refractivity contribution in [1.29, 1.82) is 0 Å². The Bertz CT molecular complexity index is 700. The molecule has 0 bridgehead atoms. The van der Waals surface area contributed by atoms with Crippen molar-refractivity contribution in [2.45, 2.75) is 26.7 Å². The Morgan fingerprint density at radius 1 is 1.24 bits per heavy atom. The molecule has 1 aliphatic rings. The second-order valence-electron chi connectivity index (χ2n) is 6.62. The number of amides is 1. The molecular formula is C19H24N4O2. The van der Waals surface area contributed by atoms with Crippen LogP contribution in [0.1, 0.15) is 25.3 Å². The first-order chi connectivity index (χ1) is 12.1. The number of ether oxygens (including phenoxy) is 1. The first kappa shape index (κ1) is 17.2. The summed E-state index contributed by atoms with van der Waals surface area (Å²) in [5, 5.41) is 11.1. The molecule has 1 amide bonds. The van der Waals surface area contributed by atoms with Crippen molar-refractivity contribution in [3.8, 4) is 5.75 Å². The van der Waals surface area contributed by atoms with Gasteiger partial charge >= 0.3 is 0 Å². The maximum Gasteiger partial charge on any atom is 0.263 e. The van der Waals surface area contributed by atoms with Crippen LogP contribution in [0.15, 0.2) is 36.4 Å². The highest BCUT2D eigenvalue weighted by Crippen LogP contribution is 2.21. The fourth-order valence-electron chi connectivity index (χ4n) is 2.92. The van der Waals surface area contributed by atoms with Crippen molar-refractivity contribution in [3.05, 3.63) is 42.0 Å². The predicted octanol–water partition coefficient (Wildman–Crippen LogP) is 3.04. The third-order valence-corrected chi connectivity index (χ3v) is 4.29. The Morgan fingerprint density at radius 2 is 2.04 bits per heavy atom. The third kappa shape index (κ3) is 4.92. The van der Waals surface area contributed by atoms with Gasteiger partial charge in [0, 0.05) is 13.1 Å². The topological polar surface area (TPSA) is 67.3 Å². The second kappa shape index (κ2) is 7.96. The summed E-state index contributed by atoms with van der Waals surface area (Å²) in [5.41, 5.74) is 1.15. The molecule has 1 aromatic heterocycles. The lowest BCUT2D eigenvalue weighted by molar-refractivity contribution is -0.118. The van der Waals surface area contributed by atoms with Gasteiger partial charge in [0.15, 0.2) is 18.2 Å². The molecule has 0 spiro atoms. The molecule has 0 radical (unpaired) electrons. The zero-order valence-corrected chi connectivity index (χ0v) is 14.7. The molecule has 25 heavy (non-hydrogen) atoms. The standard InChI is InChI=1S/C19H24N4O2/c1-14-5-7-16(8-6-14)25-13-19(24)20-17-9-10-18(22-21-17)23-11-3-4-15(2)12-23/h5-10,15H,3-4,11-13H2,1-2H3,(H,20,21,24). The van der Waals surface area contributed by atoms with Gasteiger partial charge in [0.25, 0.3) is 5.91 Å². The van der Waals surface area contributed by atoms with E-state index in [0.29, 0.717) is 17.5 Å². The van der Waals surface area contributed by atoms with Crippen LogP contribution in [0, 0.1) is 12.8 Å². The molecule has 0 aliphatic carbocycles. The lowest BCUT2D eigenvalue weighted by Crippen LogP contribution is -2.35. The number of aromatic nitrogens is 2. The smallest absolute Gasteiger partial charge is 0.263 e. The molecule has 1 unspecified atom stereocenters. The molecule has 1 atom stereocenters. The summed E-state index contributed by atoms with van der Waals surface area (Å²) in [7, 11) is 0. The van der Waals surface area contributed by atoms with Gasteiger partial charge in [0.2, 0.25) is 0 Å². The van der Waals surface area contributed by atoms with E-state index < -0.39 is 0 Å². The Balaban J connectivity index is 1.50. The van der Waals surface area contributed by atoms with Crippen molar-refractivity contribution >= 4 is 17.5 Å².